The highest BCUT2D eigenvalue weighted by Crippen LogP contribution is 2.47. The Bertz CT molecular complexity index is 1450. The third kappa shape index (κ3) is 5.09. The van der Waals surface area contributed by atoms with Gasteiger partial charge in [-0.15, -0.1) is 0 Å². The fraction of sp³-hybridized carbons (Fsp3) is 0.161. The smallest absolute Gasteiger partial charge is 0.251 e. The lowest BCUT2D eigenvalue weighted by atomic mass is 9.88. The zero-order chi connectivity index (χ0) is 25.9. The lowest BCUT2D eigenvalue weighted by molar-refractivity contribution is -0.123. The number of carbonyl (C=O) groups excluding carboxylic acids is 2. The summed E-state index contributed by atoms with van der Waals surface area (Å²) in [7, 11) is 1.59. The standard InChI is InChI=1S/C31H27FN2O3/c1-19-6-8-20(9-7-19)18-34-30(35)24-5-3-4-22(16-24)23-12-15-27-26(17-23)28(31(36)33-2)29(37-27)21-10-13-25(32)14-11-21/h3-17,28-29H,18H2,1-2H3,(H,33,36)(H,34,35). The molecule has 0 fully saturated rings. The van der Waals surface area contributed by atoms with E-state index in [0.717, 1.165) is 27.8 Å². The monoisotopic (exact) mass is 494 g/mol. The van der Waals surface area contributed by atoms with Crippen LogP contribution in [0.1, 0.15) is 44.6 Å². The molecule has 0 aliphatic carbocycles. The Morgan fingerprint density at radius 2 is 1.62 bits per heavy atom. The number of nitrogens with one attached hydrogen (secondary N) is 2. The first-order valence-electron chi connectivity index (χ1n) is 12.1. The Morgan fingerprint density at radius 3 is 2.35 bits per heavy atom. The summed E-state index contributed by atoms with van der Waals surface area (Å²) < 4.78 is 19.6. The topological polar surface area (TPSA) is 67.4 Å². The third-order valence-corrected chi connectivity index (χ3v) is 6.66. The maximum Gasteiger partial charge on any atom is 0.251 e. The van der Waals surface area contributed by atoms with Gasteiger partial charge in [-0.2, -0.15) is 0 Å². The molecule has 6 heteroatoms. The number of likely N-dealkylation sites (N-methyl/N-ethyl adjacent to an activating group) is 1. The molecule has 37 heavy (non-hydrogen) atoms. The van der Waals surface area contributed by atoms with E-state index in [-0.39, 0.29) is 17.6 Å². The van der Waals surface area contributed by atoms with E-state index in [9.17, 15) is 14.0 Å². The van der Waals surface area contributed by atoms with Crippen molar-refractivity contribution in [1.82, 2.24) is 10.6 Å². The van der Waals surface area contributed by atoms with Crippen molar-refractivity contribution in [1.29, 1.82) is 0 Å². The normalized spacial score (nSPS) is 16.0. The molecule has 5 rings (SSSR count). The summed E-state index contributed by atoms with van der Waals surface area (Å²) in [6.45, 7) is 2.47. The molecule has 0 radical (unpaired) electrons. The van der Waals surface area contributed by atoms with Crippen LogP contribution in [0.2, 0.25) is 0 Å². The summed E-state index contributed by atoms with van der Waals surface area (Å²) in [6, 6.07) is 27.1. The fourth-order valence-electron chi connectivity index (χ4n) is 4.62. The summed E-state index contributed by atoms with van der Waals surface area (Å²) in [4.78, 5) is 25.8. The molecule has 2 N–H and O–H groups in total. The van der Waals surface area contributed by atoms with E-state index in [1.54, 1.807) is 25.2 Å². The Morgan fingerprint density at radius 1 is 0.892 bits per heavy atom. The number of amides is 2. The van der Waals surface area contributed by atoms with Gasteiger partial charge >= 0.3 is 0 Å². The van der Waals surface area contributed by atoms with Crippen molar-refractivity contribution in [2.45, 2.75) is 25.5 Å². The Hall–Kier alpha value is -4.45. The van der Waals surface area contributed by atoms with Crippen LogP contribution in [0.4, 0.5) is 4.39 Å². The molecule has 0 spiro atoms. The highest BCUT2D eigenvalue weighted by Gasteiger charge is 2.40. The van der Waals surface area contributed by atoms with Crippen LogP contribution in [0, 0.1) is 12.7 Å². The van der Waals surface area contributed by atoms with Gasteiger partial charge in [-0.1, -0.05) is 60.2 Å². The third-order valence-electron chi connectivity index (χ3n) is 6.66. The van der Waals surface area contributed by atoms with Gasteiger partial charge in [0.15, 0.2) is 0 Å². The molecule has 1 heterocycles. The highest BCUT2D eigenvalue weighted by atomic mass is 19.1. The van der Waals surface area contributed by atoms with Gasteiger partial charge in [0.25, 0.3) is 5.91 Å². The van der Waals surface area contributed by atoms with Gasteiger partial charge in [0.1, 0.15) is 23.6 Å². The van der Waals surface area contributed by atoms with Gasteiger partial charge in [-0.3, -0.25) is 9.59 Å². The Balaban J connectivity index is 1.40. The van der Waals surface area contributed by atoms with Crippen molar-refractivity contribution in [2.75, 3.05) is 7.05 Å². The predicted molar refractivity (Wildman–Crippen MR) is 141 cm³/mol. The van der Waals surface area contributed by atoms with Crippen LogP contribution in [-0.2, 0) is 11.3 Å². The van der Waals surface area contributed by atoms with Gasteiger partial charge < -0.3 is 15.4 Å². The number of hydrogen-bond donors (Lipinski definition) is 2. The molecular formula is C31H27FN2O3. The number of fused-ring (bicyclic) bond motifs is 1. The molecule has 2 atom stereocenters. The minimum atomic E-state index is -0.591. The van der Waals surface area contributed by atoms with Crippen LogP contribution in [0.25, 0.3) is 11.1 Å². The summed E-state index contributed by atoms with van der Waals surface area (Å²) in [5, 5.41) is 5.70. The van der Waals surface area contributed by atoms with Crippen LogP contribution in [0.3, 0.4) is 0 Å². The predicted octanol–water partition coefficient (Wildman–Crippen LogP) is 5.69. The first-order chi connectivity index (χ1) is 17.9. The van der Waals surface area contributed by atoms with Gasteiger partial charge in [0.05, 0.1) is 0 Å². The van der Waals surface area contributed by atoms with E-state index in [0.29, 0.717) is 17.9 Å². The number of halogens is 1. The fourth-order valence-corrected chi connectivity index (χ4v) is 4.62. The van der Waals surface area contributed by atoms with Crippen molar-refractivity contribution >= 4 is 11.8 Å². The molecule has 5 nitrogen and oxygen atoms in total. The van der Waals surface area contributed by atoms with Crippen LogP contribution in [-0.4, -0.2) is 18.9 Å². The molecular weight excluding hydrogens is 467 g/mol. The van der Waals surface area contributed by atoms with Crippen molar-refractivity contribution in [3.8, 4) is 16.9 Å². The molecule has 4 aromatic carbocycles. The van der Waals surface area contributed by atoms with Gasteiger partial charge in [-0.05, 0) is 65.6 Å². The zero-order valence-corrected chi connectivity index (χ0v) is 20.6. The first kappa shape index (κ1) is 24.3. The number of benzene rings is 4. The largest absolute Gasteiger partial charge is 0.484 e. The van der Waals surface area contributed by atoms with Crippen molar-refractivity contribution < 1.29 is 18.7 Å². The SMILES string of the molecule is CNC(=O)C1c2cc(-c3cccc(C(=O)NCc4ccc(C)cc4)c3)ccc2OC1c1ccc(F)cc1. The molecule has 2 unspecified atom stereocenters. The number of carbonyl (C=O) groups is 2. The second kappa shape index (κ2) is 10.3. The average Bonchev–Trinajstić information content (AvgIpc) is 3.31. The maximum atomic E-state index is 13.5. The maximum absolute atomic E-state index is 13.5. The summed E-state index contributed by atoms with van der Waals surface area (Å²) in [6.07, 6.45) is -0.565. The van der Waals surface area contributed by atoms with Crippen LogP contribution in [0.15, 0.2) is 91.0 Å². The molecule has 2 amide bonds. The molecule has 1 aliphatic rings. The van der Waals surface area contributed by atoms with E-state index in [2.05, 4.69) is 10.6 Å². The number of hydrogen-bond acceptors (Lipinski definition) is 3. The highest BCUT2D eigenvalue weighted by molar-refractivity contribution is 5.95. The summed E-state index contributed by atoms with van der Waals surface area (Å²) >= 11 is 0. The number of rotatable bonds is 6. The molecule has 186 valence electrons. The number of aryl methyl sites for hydroxylation is 1. The van der Waals surface area contributed by atoms with Gasteiger partial charge in [0, 0.05) is 24.7 Å². The van der Waals surface area contributed by atoms with Crippen LogP contribution >= 0.6 is 0 Å². The summed E-state index contributed by atoms with van der Waals surface area (Å²) in [5.74, 6) is -0.674. The molecule has 1 aliphatic heterocycles. The lowest BCUT2D eigenvalue weighted by Gasteiger charge is -2.18. The minimum absolute atomic E-state index is 0.161. The van der Waals surface area contributed by atoms with E-state index >= 15 is 0 Å². The van der Waals surface area contributed by atoms with E-state index in [4.69, 9.17) is 4.74 Å². The van der Waals surface area contributed by atoms with Crippen molar-refractivity contribution in [3.63, 3.8) is 0 Å². The number of ether oxygens (including phenoxy) is 1. The second-order valence-electron chi connectivity index (χ2n) is 9.18. The van der Waals surface area contributed by atoms with Crippen molar-refractivity contribution in [2.24, 2.45) is 0 Å². The summed E-state index contributed by atoms with van der Waals surface area (Å²) in [5.41, 5.74) is 5.94. The molecule has 0 aromatic heterocycles. The second-order valence-corrected chi connectivity index (χ2v) is 9.18. The molecule has 0 saturated heterocycles. The van der Waals surface area contributed by atoms with Crippen LogP contribution in [0.5, 0.6) is 5.75 Å². The van der Waals surface area contributed by atoms with Crippen molar-refractivity contribution in [3.05, 3.63) is 125 Å². The first-order valence-corrected chi connectivity index (χ1v) is 12.1. The zero-order valence-electron chi connectivity index (χ0n) is 20.6. The van der Waals surface area contributed by atoms with Crippen LogP contribution < -0.4 is 15.4 Å². The van der Waals surface area contributed by atoms with Gasteiger partial charge in [-0.25, -0.2) is 4.39 Å². The molecule has 4 aromatic rings. The minimum Gasteiger partial charge on any atom is -0.484 e. The van der Waals surface area contributed by atoms with E-state index in [1.165, 1.54) is 17.7 Å². The Kier molecular flexibility index (Phi) is 6.73. The van der Waals surface area contributed by atoms with E-state index < -0.39 is 12.0 Å². The van der Waals surface area contributed by atoms with Gasteiger partial charge in [0.2, 0.25) is 5.91 Å². The molecule has 0 bridgehead atoms. The van der Waals surface area contributed by atoms with E-state index in [1.807, 2.05) is 67.6 Å². The molecule has 0 saturated carbocycles. The Labute approximate surface area is 215 Å². The lowest BCUT2D eigenvalue weighted by Crippen LogP contribution is -2.28. The average molecular weight is 495 g/mol. The quantitative estimate of drug-likeness (QED) is 0.362.